The number of amidine groups is 1. The van der Waals surface area contributed by atoms with Crippen LogP contribution in [0.3, 0.4) is 0 Å². The minimum Gasteiger partial charge on any atom is -0.463 e. The van der Waals surface area contributed by atoms with Crippen LogP contribution >= 0.6 is 0 Å². The number of benzene rings is 1. The molecule has 0 aromatic heterocycles. The fraction of sp³-hybridized carbons (Fsp3) is 0.609. The summed E-state index contributed by atoms with van der Waals surface area (Å²) in [7, 11) is 0. The molecule has 3 rings (SSSR count). The summed E-state index contributed by atoms with van der Waals surface area (Å²) in [5.41, 5.74) is 7.50. The lowest BCUT2D eigenvalue weighted by Crippen LogP contribution is -2.48. The summed E-state index contributed by atoms with van der Waals surface area (Å²) in [6.45, 7) is 5.21. The average molecular weight is 415 g/mol. The van der Waals surface area contributed by atoms with Crippen molar-refractivity contribution in [2.75, 3.05) is 13.1 Å². The molecule has 0 atom stereocenters. The molecule has 30 heavy (non-hydrogen) atoms. The van der Waals surface area contributed by atoms with Crippen LogP contribution in [-0.4, -0.2) is 48.0 Å². The number of nitrogens with one attached hydrogen (secondary N) is 2. The van der Waals surface area contributed by atoms with E-state index < -0.39 is 0 Å². The summed E-state index contributed by atoms with van der Waals surface area (Å²) < 4.78 is 5.31. The van der Waals surface area contributed by atoms with Gasteiger partial charge in [-0.1, -0.05) is 24.3 Å². The number of ether oxygens (including phenoxy) is 1. The minimum atomic E-state index is -0.104. The highest BCUT2D eigenvalue weighted by molar-refractivity contribution is 5.94. The number of hydrogen-bond acceptors (Lipinski definition) is 4. The van der Waals surface area contributed by atoms with E-state index in [1.807, 2.05) is 43.0 Å². The highest BCUT2D eigenvalue weighted by atomic mass is 16.5. The quantitative estimate of drug-likeness (QED) is 0.390. The predicted molar refractivity (Wildman–Crippen MR) is 117 cm³/mol. The van der Waals surface area contributed by atoms with E-state index >= 15 is 0 Å². The molecular formula is C23H34N4O3. The number of amides is 2. The van der Waals surface area contributed by atoms with Crippen LogP contribution in [0.5, 0.6) is 0 Å². The lowest BCUT2D eigenvalue weighted by molar-refractivity contribution is -0.153. The van der Waals surface area contributed by atoms with Gasteiger partial charge in [-0.3, -0.25) is 10.2 Å². The van der Waals surface area contributed by atoms with Gasteiger partial charge in [-0.05, 0) is 63.9 Å². The molecule has 1 saturated carbocycles. The van der Waals surface area contributed by atoms with Gasteiger partial charge in [-0.2, -0.15) is 0 Å². The van der Waals surface area contributed by atoms with Crippen molar-refractivity contribution in [2.24, 2.45) is 11.7 Å². The Kier molecular flexibility index (Phi) is 7.34. The summed E-state index contributed by atoms with van der Waals surface area (Å²) in [4.78, 5) is 26.6. The molecular weight excluding hydrogens is 380 g/mol. The fourth-order valence-corrected chi connectivity index (χ4v) is 4.42. The minimum absolute atomic E-state index is 0.00795. The van der Waals surface area contributed by atoms with Gasteiger partial charge in [0.25, 0.3) is 0 Å². The second-order valence-electron chi connectivity index (χ2n) is 8.78. The van der Waals surface area contributed by atoms with E-state index in [0.29, 0.717) is 5.92 Å². The lowest BCUT2D eigenvalue weighted by atomic mass is 9.86. The van der Waals surface area contributed by atoms with Crippen molar-refractivity contribution in [1.82, 2.24) is 10.2 Å². The first-order valence-corrected chi connectivity index (χ1v) is 11.0. The van der Waals surface area contributed by atoms with Crippen LogP contribution in [0, 0.1) is 11.3 Å². The van der Waals surface area contributed by atoms with Crippen LogP contribution < -0.4 is 11.1 Å². The zero-order chi connectivity index (χ0) is 21.7. The number of esters is 1. The lowest BCUT2D eigenvalue weighted by Gasteiger charge is -2.35. The topological polar surface area (TPSA) is 109 Å². The van der Waals surface area contributed by atoms with Gasteiger partial charge in [-0.15, -0.1) is 0 Å². The normalized spacial score (nSPS) is 22.6. The van der Waals surface area contributed by atoms with E-state index in [9.17, 15) is 9.59 Å². The number of urea groups is 1. The Morgan fingerprint density at radius 1 is 1.07 bits per heavy atom. The van der Waals surface area contributed by atoms with Crippen molar-refractivity contribution >= 4 is 17.8 Å². The van der Waals surface area contributed by atoms with E-state index in [-0.39, 0.29) is 35.9 Å². The summed E-state index contributed by atoms with van der Waals surface area (Å²) >= 11 is 0. The van der Waals surface area contributed by atoms with E-state index in [1.54, 1.807) is 0 Å². The monoisotopic (exact) mass is 414 g/mol. The van der Waals surface area contributed by atoms with Gasteiger partial charge in [0.05, 0.1) is 12.0 Å². The van der Waals surface area contributed by atoms with Crippen LogP contribution in [0.1, 0.15) is 69.4 Å². The Morgan fingerprint density at radius 2 is 1.67 bits per heavy atom. The largest absolute Gasteiger partial charge is 0.463 e. The molecule has 0 spiro atoms. The SMILES string of the molecule is CC(C)OC(=O)C1CCC(NC(=O)N2CCC(c3ccc(C(=N)N)cc3)CC2)CC1. The van der Waals surface area contributed by atoms with Crippen LogP contribution in [0.25, 0.3) is 0 Å². The smallest absolute Gasteiger partial charge is 0.317 e. The maximum Gasteiger partial charge on any atom is 0.317 e. The molecule has 1 aliphatic heterocycles. The van der Waals surface area contributed by atoms with Crippen LogP contribution in [0.4, 0.5) is 4.79 Å². The number of nitrogens with two attached hydrogens (primary N) is 1. The fourth-order valence-electron chi connectivity index (χ4n) is 4.42. The van der Waals surface area contributed by atoms with Gasteiger partial charge in [-0.25, -0.2) is 4.79 Å². The number of carbonyl (C=O) groups is 2. The van der Waals surface area contributed by atoms with Crippen molar-refractivity contribution in [1.29, 1.82) is 5.41 Å². The van der Waals surface area contributed by atoms with Crippen molar-refractivity contribution in [3.63, 3.8) is 0 Å². The van der Waals surface area contributed by atoms with Gasteiger partial charge < -0.3 is 20.7 Å². The second-order valence-corrected chi connectivity index (χ2v) is 8.78. The Hall–Kier alpha value is -2.57. The first-order chi connectivity index (χ1) is 14.3. The Balaban J connectivity index is 1.41. The van der Waals surface area contributed by atoms with Gasteiger partial charge in [0.1, 0.15) is 5.84 Å². The Morgan fingerprint density at radius 3 is 2.20 bits per heavy atom. The molecule has 164 valence electrons. The number of nitrogen functional groups attached to an aromatic ring is 1. The van der Waals surface area contributed by atoms with Crippen LogP contribution in [0.2, 0.25) is 0 Å². The second kappa shape index (κ2) is 9.96. The molecule has 4 N–H and O–H groups in total. The maximum atomic E-state index is 12.7. The number of piperidine rings is 1. The first kappa shape index (κ1) is 22.1. The molecule has 7 nitrogen and oxygen atoms in total. The van der Waals surface area contributed by atoms with Crippen molar-refractivity contribution < 1.29 is 14.3 Å². The zero-order valence-electron chi connectivity index (χ0n) is 18.0. The van der Waals surface area contributed by atoms with Gasteiger partial charge in [0.2, 0.25) is 0 Å². The van der Waals surface area contributed by atoms with Crippen molar-refractivity contribution in [2.45, 2.75) is 70.4 Å². The number of likely N-dealkylation sites (tertiary alicyclic amines) is 1. The molecule has 0 bridgehead atoms. The molecule has 1 aromatic carbocycles. The summed E-state index contributed by atoms with van der Waals surface area (Å²) in [6, 6.07) is 8.01. The van der Waals surface area contributed by atoms with Gasteiger partial charge in [0, 0.05) is 24.7 Å². The molecule has 2 amide bonds. The zero-order valence-corrected chi connectivity index (χ0v) is 18.0. The summed E-state index contributed by atoms with van der Waals surface area (Å²) in [5, 5.41) is 10.7. The number of nitrogens with zero attached hydrogens (tertiary/aromatic N) is 1. The third kappa shape index (κ3) is 5.74. The molecule has 7 heteroatoms. The standard InChI is InChI=1S/C23H34N4O3/c1-15(2)30-22(28)19-7-9-20(10-8-19)26-23(29)27-13-11-17(12-14-27)16-3-5-18(6-4-16)21(24)25/h3-6,15,17,19-20H,7-14H2,1-2H3,(H3,24,25)(H,26,29). The molecule has 1 heterocycles. The molecule has 1 saturated heterocycles. The third-order valence-electron chi connectivity index (χ3n) is 6.22. The highest BCUT2D eigenvalue weighted by Gasteiger charge is 2.30. The Labute approximate surface area is 178 Å². The van der Waals surface area contributed by atoms with Crippen LogP contribution in [-0.2, 0) is 9.53 Å². The molecule has 1 aliphatic carbocycles. The van der Waals surface area contributed by atoms with Crippen LogP contribution in [0.15, 0.2) is 24.3 Å². The van der Waals surface area contributed by atoms with Gasteiger partial charge >= 0.3 is 12.0 Å². The molecule has 2 fully saturated rings. The average Bonchev–Trinajstić information content (AvgIpc) is 2.74. The third-order valence-corrected chi connectivity index (χ3v) is 6.22. The van der Waals surface area contributed by atoms with E-state index in [2.05, 4.69) is 5.32 Å². The number of hydrogen-bond donors (Lipinski definition) is 3. The van der Waals surface area contributed by atoms with Crippen molar-refractivity contribution in [3.8, 4) is 0 Å². The number of carbonyl (C=O) groups excluding carboxylic acids is 2. The Bertz CT molecular complexity index is 746. The van der Waals surface area contributed by atoms with Crippen molar-refractivity contribution in [3.05, 3.63) is 35.4 Å². The maximum absolute atomic E-state index is 12.7. The molecule has 2 aliphatic rings. The predicted octanol–water partition coefficient (Wildman–Crippen LogP) is 3.37. The summed E-state index contributed by atoms with van der Waals surface area (Å²) in [6.07, 6.45) is 4.97. The highest BCUT2D eigenvalue weighted by Crippen LogP contribution is 2.29. The van der Waals surface area contributed by atoms with E-state index in [0.717, 1.165) is 57.2 Å². The van der Waals surface area contributed by atoms with Gasteiger partial charge in [0.15, 0.2) is 0 Å². The number of rotatable bonds is 5. The van der Waals surface area contributed by atoms with E-state index in [1.165, 1.54) is 5.56 Å². The molecule has 0 radical (unpaired) electrons. The van der Waals surface area contributed by atoms with E-state index in [4.69, 9.17) is 15.9 Å². The summed E-state index contributed by atoms with van der Waals surface area (Å²) in [5.74, 6) is 0.371. The first-order valence-electron chi connectivity index (χ1n) is 11.0. The molecule has 0 unspecified atom stereocenters. The molecule has 1 aromatic rings.